The maximum atomic E-state index is 2.16. The van der Waals surface area contributed by atoms with Crippen LogP contribution in [0, 0.1) is 20.8 Å². The molecule has 0 amide bonds. The van der Waals surface area contributed by atoms with Crippen molar-refractivity contribution < 1.29 is 49.0 Å². The molecule has 0 N–H and O–H groups in total. The van der Waals surface area contributed by atoms with Crippen molar-refractivity contribution in [2.24, 2.45) is 0 Å². The number of hydrogen-bond donors (Lipinski definition) is 0. The predicted octanol–water partition coefficient (Wildman–Crippen LogP) is -1.51. The smallest absolute Gasteiger partial charge is 0.0630 e. The van der Waals surface area contributed by atoms with Crippen LogP contribution < -0.4 is 24.8 Å². The molecule has 0 saturated heterocycles. The Morgan fingerprint density at radius 3 is 1.63 bits per heavy atom. The Morgan fingerprint density at radius 2 is 1.53 bits per heavy atom. The van der Waals surface area contributed by atoms with Crippen LogP contribution in [0.25, 0.3) is 0 Å². The predicted molar refractivity (Wildman–Crippen MR) is 74.6 cm³/mol. The zero-order valence-corrected chi connectivity index (χ0v) is 16.3. The molecular weight excluding hydrogens is 354 g/mol. The van der Waals surface area contributed by atoms with Crippen LogP contribution in [-0.4, -0.2) is 3.21 Å². The normalized spacial score (nSPS) is 7.74. The Labute approximate surface area is 145 Å². The molecule has 0 aliphatic heterocycles. The fourth-order valence-corrected chi connectivity index (χ4v) is 1.13. The maximum Gasteiger partial charge on any atom is -0.0630 e. The van der Waals surface area contributed by atoms with Gasteiger partial charge < -0.3 is 24.8 Å². The molecule has 0 heterocycles. The van der Waals surface area contributed by atoms with Crippen molar-refractivity contribution >= 4 is 3.21 Å². The van der Waals surface area contributed by atoms with E-state index in [-0.39, 0.29) is 24.8 Å². The van der Waals surface area contributed by atoms with E-state index < -0.39 is 0 Å². The van der Waals surface area contributed by atoms with E-state index in [0.29, 0.717) is 0 Å². The first-order valence-corrected chi connectivity index (χ1v) is 7.06. The summed E-state index contributed by atoms with van der Waals surface area (Å²) in [6.45, 7) is 10.7. The van der Waals surface area contributed by atoms with E-state index in [1.165, 1.54) is 19.9 Å². The van der Waals surface area contributed by atoms with Gasteiger partial charge in [-0.25, -0.2) is 18.2 Å². The number of aryl methyl sites for hydroxylation is 2. The Bertz CT molecular complexity index is 373. The maximum absolute atomic E-state index is 2.16. The van der Waals surface area contributed by atoms with Gasteiger partial charge in [0.1, 0.15) is 0 Å². The summed E-state index contributed by atoms with van der Waals surface area (Å²) in [5.74, 6) is 0. The average Bonchev–Trinajstić information content (AvgIpc) is 2.88. The zero-order chi connectivity index (χ0) is 13.3. The van der Waals surface area contributed by atoms with Crippen molar-refractivity contribution in [2.45, 2.75) is 34.6 Å². The van der Waals surface area contributed by atoms with Gasteiger partial charge in [0, 0.05) is 0 Å². The van der Waals surface area contributed by atoms with E-state index >= 15 is 0 Å². The monoisotopic (exact) mass is 374 g/mol. The van der Waals surface area contributed by atoms with Crippen LogP contribution in [-0.2, 0) is 24.2 Å². The summed E-state index contributed by atoms with van der Waals surface area (Å²) in [6.07, 6.45) is 0. The fraction of sp³-hybridized carbons (Fsp3) is 0.312. The Hall–Kier alpha value is 0.0331. The van der Waals surface area contributed by atoms with E-state index in [2.05, 4.69) is 46.8 Å². The van der Waals surface area contributed by atoms with Gasteiger partial charge in [0.25, 0.3) is 0 Å². The Balaban J connectivity index is -0.000000206. The molecule has 2 rings (SSSR count). The van der Waals surface area contributed by atoms with Crippen LogP contribution in [0.3, 0.4) is 0 Å². The summed E-state index contributed by atoms with van der Waals surface area (Å²) in [4.78, 5) is 0. The fourth-order valence-electron chi connectivity index (χ4n) is 1.13. The van der Waals surface area contributed by atoms with Crippen molar-refractivity contribution in [2.75, 3.05) is 0 Å². The largest absolute Gasteiger partial charge is 1.00 e. The van der Waals surface area contributed by atoms with Gasteiger partial charge >= 0.3 is 41.3 Å². The van der Waals surface area contributed by atoms with Gasteiger partial charge in [-0.3, -0.25) is 0 Å². The molecule has 0 aliphatic rings. The standard InChI is InChI=1S/C8H11.C5H5.C3H6.2ClH.Zr/c1-6-4-5-7(2)8(6)3;1-2-4-5-3-1;1-3-2;;;/h4-5H,1-3H3;1-5H;1-2H3;2*1H;/q2*-1;;;;+2/p-2. The number of hydrogen-bond acceptors (Lipinski definition) is 0. The molecule has 0 nitrogen and oxygen atoms in total. The van der Waals surface area contributed by atoms with E-state index in [9.17, 15) is 0 Å². The molecule has 0 saturated carbocycles. The van der Waals surface area contributed by atoms with Crippen molar-refractivity contribution in [3.8, 4) is 0 Å². The SMILES string of the molecule is C[C](C)=[Zr+2].Cc1cc[c-](C)c1C.[Cl-].[Cl-].c1cc[cH-]c1. The molecule has 106 valence electrons. The van der Waals surface area contributed by atoms with Crippen molar-refractivity contribution in [1.29, 1.82) is 0 Å². The second-order valence-electron chi connectivity index (χ2n) is 4.29. The number of rotatable bonds is 0. The van der Waals surface area contributed by atoms with Gasteiger partial charge in [0.2, 0.25) is 0 Å². The van der Waals surface area contributed by atoms with Gasteiger partial charge in [-0.15, -0.1) is 0 Å². The summed E-state index contributed by atoms with van der Waals surface area (Å²) in [5, 5.41) is 0. The van der Waals surface area contributed by atoms with Crippen LogP contribution in [0.2, 0.25) is 0 Å². The van der Waals surface area contributed by atoms with Crippen molar-refractivity contribution in [1.82, 2.24) is 0 Å². The third kappa shape index (κ3) is 14.3. The zero-order valence-electron chi connectivity index (χ0n) is 12.3. The van der Waals surface area contributed by atoms with Gasteiger partial charge in [0.15, 0.2) is 0 Å². The molecule has 0 spiro atoms. The molecule has 0 aliphatic carbocycles. The first kappa shape index (κ1) is 24.1. The molecule has 19 heavy (non-hydrogen) atoms. The van der Waals surface area contributed by atoms with Crippen LogP contribution in [0.1, 0.15) is 30.5 Å². The van der Waals surface area contributed by atoms with Crippen LogP contribution in [0.15, 0.2) is 42.5 Å². The third-order valence-electron chi connectivity index (χ3n) is 2.32. The molecule has 0 radical (unpaired) electrons. The molecule has 0 fully saturated rings. The Morgan fingerprint density at radius 1 is 1.11 bits per heavy atom. The minimum Gasteiger partial charge on any atom is -1.00 e. The first-order valence-electron chi connectivity index (χ1n) is 5.83. The second-order valence-corrected chi connectivity index (χ2v) is 6.74. The van der Waals surface area contributed by atoms with E-state index in [4.69, 9.17) is 0 Å². The van der Waals surface area contributed by atoms with Crippen molar-refractivity contribution in [3.05, 3.63) is 59.2 Å². The van der Waals surface area contributed by atoms with Gasteiger partial charge in [-0.1, -0.05) is 20.8 Å². The summed E-state index contributed by atoms with van der Waals surface area (Å²) in [6, 6.07) is 14.3. The summed E-state index contributed by atoms with van der Waals surface area (Å²) in [5.41, 5.74) is 4.25. The van der Waals surface area contributed by atoms with Crippen LogP contribution in [0.4, 0.5) is 0 Å². The van der Waals surface area contributed by atoms with Crippen molar-refractivity contribution in [3.63, 3.8) is 0 Å². The van der Waals surface area contributed by atoms with Gasteiger partial charge in [-0.2, -0.15) is 41.0 Å². The molecule has 0 unspecified atom stereocenters. The Kier molecular flexibility index (Phi) is 18.3. The summed E-state index contributed by atoms with van der Waals surface area (Å²) in [7, 11) is 0. The molecule has 0 aromatic heterocycles. The molecule has 0 bridgehead atoms. The minimum atomic E-state index is 0. The average molecular weight is 376 g/mol. The molecular formula is C16H22Cl2Zr-2. The topological polar surface area (TPSA) is 0 Å². The van der Waals surface area contributed by atoms with Gasteiger partial charge in [-0.05, 0) is 0 Å². The quantitative estimate of drug-likeness (QED) is 0.491. The minimum absolute atomic E-state index is 0. The van der Waals surface area contributed by atoms with Gasteiger partial charge in [0.05, 0.1) is 0 Å². The molecule has 0 atom stereocenters. The number of halogens is 2. The molecule has 3 heteroatoms. The van der Waals surface area contributed by atoms with E-state index in [1.54, 1.807) is 24.2 Å². The van der Waals surface area contributed by atoms with Crippen LogP contribution >= 0.6 is 0 Å². The van der Waals surface area contributed by atoms with E-state index in [0.717, 1.165) is 0 Å². The molecule has 2 aromatic carbocycles. The second kappa shape index (κ2) is 14.4. The summed E-state index contributed by atoms with van der Waals surface area (Å²) >= 11 is 1.55. The van der Waals surface area contributed by atoms with E-state index in [1.807, 2.05) is 30.3 Å². The van der Waals surface area contributed by atoms with Crippen LogP contribution in [0.5, 0.6) is 0 Å². The summed E-state index contributed by atoms with van der Waals surface area (Å²) < 4.78 is 1.51. The first-order chi connectivity index (χ1) is 7.95. The third-order valence-corrected chi connectivity index (χ3v) is 2.32. The molecule has 2 aromatic rings.